The van der Waals surface area contributed by atoms with Crippen LogP contribution in [0.1, 0.15) is 19.5 Å². The minimum absolute atomic E-state index is 0.227. The number of hydrogen-bond acceptors (Lipinski definition) is 3. The molecule has 4 heteroatoms. The Morgan fingerprint density at radius 1 is 1.53 bits per heavy atom. The average molecular weight is 212 g/mol. The summed E-state index contributed by atoms with van der Waals surface area (Å²) in [5, 5.41) is 21.5. The van der Waals surface area contributed by atoms with E-state index in [2.05, 4.69) is 16.8 Å². The zero-order chi connectivity index (χ0) is 11.3. The van der Waals surface area contributed by atoms with Gasteiger partial charge in [0.05, 0.1) is 12.2 Å². The van der Waals surface area contributed by atoms with Gasteiger partial charge in [0.1, 0.15) is 0 Å². The fourth-order valence-corrected chi connectivity index (χ4v) is 1.43. The summed E-state index contributed by atoms with van der Waals surface area (Å²) in [6.07, 6.45) is 2.03. The summed E-state index contributed by atoms with van der Waals surface area (Å²) in [4.78, 5) is 0. The normalized spacial score (nSPS) is 15.2. The van der Waals surface area contributed by atoms with Crippen molar-refractivity contribution in [2.75, 3.05) is 13.2 Å². The Balaban J connectivity index is 2.38. The van der Waals surface area contributed by atoms with Gasteiger partial charge in [0.2, 0.25) is 0 Å². The Labute approximate surface area is 90.5 Å². The molecule has 0 aliphatic heterocycles. The first-order chi connectivity index (χ1) is 7.09. The van der Waals surface area contributed by atoms with Gasteiger partial charge in [-0.1, -0.05) is 0 Å². The summed E-state index contributed by atoms with van der Waals surface area (Å²) in [5.74, 6) is 0. The van der Waals surface area contributed by atoms with Crippen molar-refractivity contribution in [2.45, 2.75) is 32.5 Å². The lowest BCUT2D eigenvalue weighted by Gasteiger charge is -2.20. The molecule has 0 aliphatic carbocycles. The van der Waals surface area contributed by atoms with Crippen molar-refractivity contribution in [3.63, 3.8) is 0 Å². The number of aliphatic hydroxyl groups is 2. The van der Waals surface area contributed by atoms with Crippen LogP contribution in [0.3, 0.4) is 0 Å². The Bertz CT molecular complexity index is 295. The first-order valence-electron chi connectivity index (χ1n) is 5.27. The fraction of sp³-hybridized carbons (Fsp3) is 0.636. The standard InChI is InChI=1S/C11H20N2O2/c1-3-13-6-4-5-10(13)7-12-8-11(2,15)9-14/h4-6,12,14-15H,3,7-9H2,1-2H3. The quantitative estimate of drug-likeness (QED) is 0.637. The molecule has 0 saturated carbocycles. The molecule has 1 aromatic rings. The van der Waals surface area contributed by atoms with E-state index in [9.17, 15) is 5.11 Å². The fourth-order valence-electron chi connectivity index (χ4n) is 1.43. The van der Waals surface area contributed by atoms with E-state index in [1.54, 1.807) is 6.92 Å². The molecule has 0 aliphatic rings. The third-order valence-corrected chi connectivity index (χ3v) is 2.42. The maximum absolute atomic E-state index is 9.56. The van der Waals surface area contributed by atoms with E-state index in [-0.39, 0.29) is 6.61 Å². The first-order valence-corrected chi connectivity index (χ1v) is 5.27. The molecule has 1 unspecified atom stereocenters. The summed E-state index contributed by atoms with van der Waals surface area (Å²) in [7, 11) is 0. The maximum atomic E-state index is 9.56. The molecule has 0 aromatic carbocycles. The second kappa shape index (κ2) is 5.30. The molecule has 15 heavy (non-hydrogen) atoms. The van der Waals surface area contributed by atoms with Gasteiger partial charge in [0.25, 0.3) is 0 Å². The zero-order valence-corrected chi connectivity index (χ0v) is 9.40. The highest BCUT2D eigenvalue weighted by atomic mass is 16.3. The number of aliphatic hydroxyl groups excluding tert-OH is 1. The van der Waals surface area contributed by atoms with Crippen molar-refractivity contribution in [1.82, 2.24) is 9.88 Å². The topological polar surface area (TPSA) is 57.4 Å². The number of aryl methyl sites for hydroxylation is 1. The number of rotatable bonds is 6. The van der Waals surface area contributed by atoms with Gasteiger partial charge in [0, 0.05) is 31.5 Å². The SMILES string of the molecule is CCn1cccc1CNCC(C)(O)CO. The molecule has 0 spiro atoms. The highest BCUT2D eigenvalue weighted by molar-refractivity contribution is 5.06. The van der Waals surface area contributed by atoms with Crippen LogP contribution in [0.15, 0.2) is 18.3 Å². The third kappa shape index (κ3) is 3.66. The van der Waals surface area contributed by atoms with Crippen LogP contribution in [0.25, 0.3) is 0 Å². The average Bonchev–Trinajstić information content (AvgIpc) is 2.65. The molecule has 1 atom stereocenters. The molecule has 0 bridgehead atoms. The van der Waals surface area contributed by atoms with E-state index in [0.717, 1.165) is 6.54 Å². The van der Waals surface area contributed by atoms with Gasteiger partial charge in [-0.05, 0) is 26.0 Å². The van der Waals surface area contributed by atoms with E-state index < -0.39 is 5.60 Å². The van der Waals surface area contributed by atoms with E-state index in [0.29, 0.717) is 13.1 Å². The Morgan fingerprint density at radius 3 is 2.87 bits per heavy atom. The summed E-state index contributed by atoms with van der Waals surface area (Å²) in [6, 6.07) is 4.05. The second-order valence-corrected chi connectivity index (χ2v) is 4.04. The minimum Gasteiger partial charge on any atom is -0.393 e. The van der Waals surface area contributed by atoms with Crippen LogP contribution in [0.4, 0.5) is 0 Å². The van der Waals surface area contributed by atoms with Crippen LogP contribution < -0.4 is 5.32 Å². The van der Waals surface area contributed by atoms with Crippen LogP contribution in [0, 0.1) is 0 Å². The molecular weight excluding hydrogens is 192 g/mol. The lowest BCUT2D eigenvalue weighted by molar-refractivity contribution is 0.00244. The van der Waals surface area contributed by atoms with Gasteiger partial charge < -0.3 is 20.1 Å². The molecule has 86 valence electrons. The summed E-state index contributed by atoms with van der Waals surface area (Å²) < 4.78 is 2.14. The number of nitrogens with zero attached hydrogens (tertiary/aromatic N) is 1. The van der Waals surface area contributed by atoms with E-state index in [1.807, 2.05) is 18.3 Å². The highest BCUT2D eigenvalue weighted by Gasteiger charge is 2.17. The van der Waals surface area contributed by atoms with Crippen LogP contribution >= 0.6 is 0 Å². The minimum atomic E-state index is -1.04. The van der Waals surface area contributed by atoms with Gasteiger partial charge >= 0.3 is 0 Å². The Hall–Kier alpha value is -0.840. The molecule has 1 heterocycles. The van der Waals surface area contributed by atoms with Gasteiger partial charge in [-0.2, -0.15) is 0 Å². The van der Waals surface area contributed by atoms with Crippen molar-refractivity contribution >= 4 is 0 Å². The van der Waals surface area contributed by atoms with Crippen LogP contribution in [-0.2, 0) is 13.1 Å². The smallest absolute Gasteiger partial charge is 0.0972 e. The molecule has 3 N–H and O–H groups in total. The number of aromatic nitrogens is 1. The molecule has 1 rings (SSSR count). The Morgan fingerprint density at radius 2 is 2.27 bits per heavy atom. The van der Waals surface area contributed by atoms with Gasteiger partial charge in [0.15, 0.2) is 0 Å². The predicted octanol–water partition coefficient (Wildman–Crippen LogP) is 0.341. The molecule has 1 aromatic heterocycles. The molecule has 0 radical (unpaired) electrons. The van der Waals surface area contributed by atoms with Crippen molar-refractivity contribution in [3.05, 3.63) is 24.0 Å². The van der Waals surface area contributed by atoms with Crippen LogP contribution in [0.5, 0.6) is 0 Å². The summed E-state index contributed by atoms with van der Waals surface area (Å²) in [6.45, 7) is 5.51. The molecule has 0 fully saturated rings. The summed E-state index contributed by atoms with van der Waals surface area (Å²) >= 11 is 0. The van der Waals surface area contributed by atoms with E-state index in [1.165, 1.54) is 5.69 Å². The third-order valence-electron chi connectivity index (χ3n) is 2.42. The molecule has 4 nitrogen and oxygen atoms in total. The molecular formula is C11H20N2O2. The Kier molecular flexibility index (Phi) is 4.32. The van der Waals surface area contributed by atoms with Gasteiger partial charge in [-0.3, -0.25) is 0 Å². The predicted molar refractivity (Wildman–Crippen MR) is 59.5 cm³/mol. The van der Waals surface area contributed by atoms with E-state index >= 15 is 0 Å². The van der Waals surface area contributed by atoms with Gasteiger partial charge in [-0.15, -0.1) is 0 Å². The molecule has 0 amide bonds. The van der Waals surface area contributed by atoms with Crippen LogP contribution in [0.2, 0.25) is 0 Å². The zero-order valence-electron chi connectivity index (χ0n) is 9.40. The lowest BCUT2D eigenvalue weighted by Crippen LogP contribution is -2.40. The first kappa shape index (κ1) is 12.2. The number of hydrogen-bond donors (Lipinski definition) is 3. The lowest BCUT2D eigenvalue weighted by atomic mass is 10.1. The van der Waals surface area contributed by atoms with Crippen molar-refractivity contribution in [2.24, 2.45) is 0 Å². The summed E-state index contributed by atoms with van der Waals surface area (Å²) in [5.41, 5.74) is 0.148. The molecule has 0 saturated heterocycles. The maximum Gasteiger partial charge on any atom is 0.0972 e. The van der Waals surface area contributed by atoms with Gasteiger partial charge in [-0.25, -0.2) is 0 Å². The van der Waals surface area contributed by atoms with Crippen molar-refractivity contribution < 1.29 is 10.2 Å². The largest absolute Gasteiger partial charge is 0.393 e. The highest BCUT2D eigenvalue weighted by Crippen LogP contribution is 2.03. The second-order valence-electron chi connectivity index (χ2n) is 4.04. The number of nitrogens with one attached hydrogen (secondary N) is 1. The van der Waals surface area contributed by atoms with Crippen molar-refractivity contribution in [1.29, 1.82) is 0 Å². The van der Waals surface area contributed by atoms with E-state index in [4.69, 9.17) is 5.11 Å². The monoisotopic (exact) mass is 212 g/mol. The van der Waals surface area contributed by atoms with Crippen molar-refractivity contribution in [3.8, 4) is 0 Å². The van der Waals surface area contributed by atoms with Crippen LogP contribution in [-0.4, -0.2) is 33.5 Å².